The number of ketones is 1. The monoisotopic (exact) mass is 365 g/mol. The van der Waals surface area contributed by atoms with Gasteiger partial charge in [0.1, 0.15) is 8.07 Å². The van der Waals surface area contributed by atoms with E-state index in [1.54, 1.807) is 11.3 Å². The van der Waals surface area contributed by atoms with Gasteiger partial charge in [0.25, 0.3) is 0 Å². The number of carbonyl (C=O) groups is 1. The minimum absolute atomic E-state index is 0.0376. The predicted molar refractivity (Wildman–Crippen MR) is 108 cm³/mol. The highest BCUT2D eigenvalue weighted by molar-refractivity contribution is 7.10. The third kappa shape index (κ3) is 4.36. The van der Waals surface area contributed by atoms with Crippen LogP contribution in [0.4, 0.5) is 0 Å². The van der Waals surface area contributed by atoms with Gasteiger partial charge in [-0.3, -0.25) is 4.79 Å². The minimum atomic E-state index is -1.40. The first-order valence-corrected chi connectivity index (χ1v) is 13.0. The molecule has 0 N–H and O–H groups in total. The predicted octanol–water partition coefficient (Wildman–Crippen LogP) is 4.98. The molecule has 1 atom stereocenters. The summed E-state index contributed by atoms with van der Waals surface area (Å²) in [5, 5.41) is 2.90. The van der Waals surface area contributed by atoms with Crippen molar-refractivity contribution >= 4 is 30.8 Å². The Kier molecular flexibility index (Phi) is 5.08. The van der Waals surface area contributed by atoms with Crippen LogP contribution in [0.25, 0.3) is 5.57 Å². The van der Waals surface area contributed by atoms with E-state index in [1.165, 1.54) is 5.56 Å². The molecule has 0 fully saturated rings. The molecule has 0 saturated heterocycles. The van der Waals surface area contributed by atoms with Crippen molar-refractivity contribution in [3.05, 3.63) is 57.6 Å². The molecule has 1 aromatic heterocycles. The van der Waals surface area contributed by atoms with E-state index in [4.69, 9.17) is 0 Å². The summed E-state index contributed by atoms with van der Waals surface area (Å²) in [5.74, 6) is 3.52. The molecule has 3 rings (SSSR count). The van der Waals surface area contributed by atoms with Crippen LogP contribution in [0, 0.1) is 17.4 Å². The summed E-state index contributed by atoms with van der Waals surface area (Å²) in [5.41, 5.74) is 7.48. The first kappa shape index (κ1) is 17.8. The number of carbonyl (C=O) groups excluding carboxylic acids is 1. The van der Waals surface area contributed by atoms with Crippen molar-refractivity contribution in [3.63, 3.8) is 0 Å². The zero-order chi connectivity index (χ0) is 18.0. The molecular weight excluding hydrogens is 342 g/mol. The van der Waals surface area contributed by atoms with Gasteiger partial charge in [-0.2, -0.15) is 0 Å². The van der Waals surface area contributed by atoms with Crippen molar-refractivity contribution in [1.82, 2.24) is 4.98 Å². The SMILES string of the molecule is CC1=C(c2csc(C#C[Si](C)(C)C)n2)CC(Cc2ccccc2)C1=O. The summed E-state index contributed by atoms with van der Waals surface area (Å²) in [7, 11) is -1.40. The average Bonchev–Trinajstić information content (AvgIpc) is 3.14. The maximum absolute atomic E-state index is 12.7. The molecule has 1 unspecified atom stereocenters. The minimum Gasteiger partial charge on any atom is -0.294 e. The summed E-state index contributed by atoms with van der Waals surface area (Å²) in [6.07, 6.45) is 1.58. The van der Waals surface area contributed by atoms with Crippen LogP contribution in [0.1, 0.15) is 29.6 Å². The second kappa shape index (κ2) is 7.11. The molecule has 0 bridgehead atoms. The molecule has 0 spiro atoms. The highest BCUT2D eigenvalue weighted by Gasteiger charge is 2.32. The number of aromatic nitrogens is 1. The van der Waals surface area contributed by atoms with Gasteiger partial charge in [-0.1, -0.05) is 50.0 Å². The van der Waals surface area contributed by atoms with Crippen LogP contribution in [-0.4, -0.2) is 18.8 Å². The summed E-state index contributed by atoms with van der Waals surface area (Å²) < 4.78 is 0. The fourth-order valence-corrected chi connectivity index (χ4v) is 4.28. The van der Waals surface area contributed by atoms with Crippen LogP contribution in [0.2, 0.25) is 19.6 Å². The van der Waals surface area contributed by atoms with E-state index in [2.05, 4.69) is 48.2 Å². The molecule has 25 heavy (non-hydrogen) atoms. The quantitative estimate of drug-likeness (QED) is 0.567. The summed E-state index contributed by atoms with van der Waals surface area (Å²) in [6.45, 7) is 8.62. The molecule has 128 valence electrons. The van der Waals surface area contributed by atoms with Gasteiger partial charge in [-0.25, -0.2) is 4.98 Å². The summed E-state index contributed by atoms with van der Waals surface area (Å²) >= 11 is 1.58. The fraction of sp³-hybridized carbons (Fsp3) is 0.333. The second-order valence-corrected chi connectivity index (χ2v) is 13.2. The first-order chi connectivity index (χ1) is 11.8. The Bertz CT molecular complexity index is 878. The fourth-order valence-electron chi connectivity index (χ4n) is 3.02. The third-order valence-electron chi connectivity index (χ3n) is 4.33. The largest absolute Gasteiger partial charge is 0.294 e. The Morgan fingerprint density at radius 2 is 1.96 bits per heavy atom. The highest BCUT2D eigenvalue weighted by atomic mass is 32.1. The van der Waals surface area contributed by atoms with Crippen molar-refractivity contribution in [1.29, 1.82) is 0 Å². The zero-order valence-electron chi connectivity index (χ0n) is 15.2. The maximum atomic E-state index is 12.7. The topological polar surface area (TPSA) is 30.0 Å². The zero-order valence-corrected chi connectivity index (χ0v) is 17.0. The number of rotatable bonds is 3. The van der Waals surface area contributed by atoms with Crippen LogP contribution in [0.5, 0.6) is 0 Å². The molecule has 0 radical (unpaired) electrons. The summed E-state index contributed by atoms with van der Waals surface area (Å²) in [4.78, 5) is 17.3. The van der Waals surface area contributed by atoms with Crippen LogP contribution < -0.4 is 0 Å². The maximum Gasteiger partial charge on any atom is 0.166 e. The number of allylic oxidation sites excluding steroid dienone is 2. The first-order valence-electron chi connectivity index (χ1n) is 8.60. The lowest BCUT2D eigenvalue weighted by Crippen LogP contribution is -2.16. The lowest BCUT2D eigenvalue weighted by Gasteiger charge is -2.08. The van der Waals surface area contributed by atoms with Gasteiger partial charge in [0.2, 0.25) is 0 Å². The van der Waals surface area contributed by atoms with Gasteiger partial charge in [0, 0.05) is 11.3 Å². The Morgan fingerprint density at radius 3 is 2.64 bits per heavy atom. The number of hydrogen-bond acceptors (Lipinski definition) is 3. The van der Waals surface area contributed by atoms with E-state index in [-0.39, 0.29) is 11.7 Å². The second-order valence-electron chi connectivity index (χ2n) is 7.60. The highest BCUT2D eigenvalue weighted by Crippen LogP contribution is 2.37. The average molecular weight is 366 g/mol. The number of thiazole rings is 1. The molecule has 2 aromatic rings. The van der Waals surface area contributed by atoms with Gasteiger partial charge in [-0.05, 0) is 42.4 Å². The Balaban J connectivity index is 1.78. The molecule has 1 aliphatic carbocycles. The van der Waals surface area contributed by atoms with E-state index < -0.39 is 8.07 Å². The van der Waals surface area contributed by atoms with E-state index in [0.717, 1.165) is 34.7 Å². The smallest absolute Gasteiger partial charge is 0.166 e. The van der Waals surface area contributed by atoms with Crippen molar-refractivity contribution < 1.29 is 4.79 Å². The molecule has 0 aliphatic heterocycles. The molecule has 1 aliphatic rings. The van der Waals surface area contributed by atoms with Crippen LogP contribution in [0.15, 0.2) is 41.3 Å². The van der Waals surface area contributed by atoms with E-state index in [9.17, 15) is 4.79 Å². The van der Waals surface area contributed by atoms with Gasteiger partial charge < -0.3 is 0 Å². The number of hydrogen-bond donors (Lipinski definition) is 0. The lowest BCUT2D eigenvalue weighted by molar-refractivity contribution is -0.118. The van der Waals surface area contributed by atoms with Crippen molar-refractivity contribution in [2.24, 2.45) is 5.92 Å². The van der Waals surface area contributed by atoms with E-state index in [1.807, 2.05) is 30.5 Å². The standard InChI is InChI=1S/C21H23NOSSi/c1-15-18(19-14-24-20(22-19)10-11-25(2,3)4)13-17(21(15)23)12-16-8-6-5-7-9-16/h5-9,14,17H,12-13H2,1-4H3. The third-order valence-corrected chi connectivity index (χ3v) is 5.96. The van der Waals surface area contributed by atoms with Gasteiger partial charge in [0.05, 0.1) is 5.69 Å². The number of benzene rings is 1. The van der Waals surface area contributed by atoms with E-state index >= 15 is 0 Å². The van der Waals surface area contributed by atoms with E-state index in [0.29, 0.717) is 0 Å². The Hall–Kier alpha value is -1.96. The lowest BCUT2D eigenvalue weighted by atomic mass is 9.94. The molecule has 4 heteroatoms. The van der Waals surface area contributed by atoms with Crippen LogP contribution in [0.3, 0.4) is 0 Å². The van der Waals surface area contributed by atoms with Gasteiger partial charge in [-0.15, -0.1) is 16.9 Å². The Morgan fingerprint density at radius 1 is 1.24 bits per heavy atom. The Labute approximate surface area is 155 Å². The molecule has 1 aromatic carbocycles. The normalized spacial score (nSPS) is 17.6. The number of Topliss-reactive ketones (excluding diaryl/α,β-unsaturated/α-hetero) is 1. The van der Waals surface area contributed by atoms with Crippen LogP contribution in [-0.2, 0) is 11.2 Å². The molecule has 1 heterocycles. The molecular formula is C21H23NOSSi. The van der Waals surface area contributed by atoms with Crippen molar-refractivity contribution in [3.8, 4) is 11.5 Å². The molecule has 0 amide bonds. The molecule has 0 saturated carbocycles. The van der Waals surface area contributed by atoms with Crippen molar-refractivity contribution in [2.45, 2.75) is 39.4 Å². The van der Waals surface area contributed by atoms with Gasteiger partial charge >= 0.3 is 0 Å². The number of nitrogens with zero attached hydrogens (tertiary/aromatic N) is 1. The molecule has 2 nitrogen and oxygen atoms in total. The van der Waals surface area contributed by atoms with Crippen molar-refractivity contribution in [2.75, 3.05) is 0 Å². The van der Waals surface area contributed by atoms with Crippen LogP contribution >= 0.6 is 11.3 Å². The van der Waals surface area contributed by atoms with Gasteiger partial charge in [0.15, 0.2) is 10.8 Å². The summed E-state index contributed by atoms with van der Waals surface area (Å²) in [6, 6.07) is 10.2.